The van der Waals surface area contributed by atoms with E-state index < -0.39 is 17.5 Å². The zero-order valence-corrected chi connectivity index (χ0v) is 15.8. The number of benzene rings is 4. The molecule has 0 aliphatic heterocycles. The third-order valence-electron chi connectivity index (χ3n) is 4.90. The van der Waals surface area contributed by atoms with Crippen LogP contribution in [0.1, 0.15) is 23.6 Å². The van der Waals surface area contributed by atoms with E-state index >= 15 is 0 Å². The Hall–Kier alpha value is -3.51. The van der Waals surface area contributed by atoms with E-state index in [0.717, 1.165) is 29.7 Å². The number of rotatable bonds is 2. The minimum atomic E-state index is -1.00. The fraction of sp³-hybridized carbons (Fsp3) is 0.0769. The summed E-state index contributed by atoms with van der Waals surface area (Å²) in [5, 5.41) is 1.10. The van der Waals surface area contributed by atoms with Crippen molar-refractivity contribution in [3.63, 3.8) is 0 Å². The van der Waals surface area contributed by atoms with Crippen LogP contribution in [-0.2, 0) is 6.42 Å². The van der Waals surface area contributed by atoms with Crippen LogP contribution in [0.25, 0.3) is 21.9 Å². The Morgan fingerprint density at radius 2 is 1.41 bits per heavy atom. The molecule has 0 aliphatic carbocycles. The van der Waals surface area contributed by atoms with Crippen molar-refractivity contribution in [1.82, 2.24) is 0 Å². The van der Waals surface area contributed by atoms with E-state index in [1.54, 1.807) is 24.3 Å². The molecule has 29 heavy (non-hydrogen) atoms. The molecule has 0 bridgehead atoms. The molecule has 0 spiro atoms. The monoisotopic (exact) mass is 386 g/mol. The Labute approximate surface area is 167 Å². The fourth-order valence-electron chi connectivity index (χ4n) is 3.22. The Morgan fingerprint density at radius 3 is 2.14 bits per heavy atom. The maximum atomic E-state index is 15.0. The minimum Gasteiger partial charge on any atom is -0.206 e. The summed E-state index contributed by atoms with van der Waals surface area (Å²) < 4.78 is 41.7. The summed E-state index contributed by atoms with van der Waals surface area (Å²) in [5.41, 5.74) is 3.47. The normalized spacial score (nSPS) is 10.6. The molecule has 0 unspecified atom stereocenters. The van der Waals surface area contributed by atoms with Gasteiger partial charge in [-0.2, -0.15) is 0 Å². The van der Waals surface area contributed by atoms with E-state index in [0.29, 0.717) is 16.3 Å². The Bertz CT molecular complexity index is 1260. The van der Waals surface area contributed by atoms with Crippen molar-refractivity contribution in [2.45, 2.75) is 13.3 Å². The summed E-state index contributed by atoms with van der Waals surface area (Å²) in [6, 6.07) is 20.0. The van der Waals surface area contributed by atoms with Crippen LogP contribution in [0.2, 0.25) is 0 Å². The second kappa shape index (κ2) is 7.85. The van der Waals surface area contributed by atoms with Gasteiger partial charge in [0.25, 0.3) is 0 Å². The van der Waals surface area contributed by atoms with Gasteiger partial charge in [0.2, 0.25) is 0 Å². The highest BCUT2D eigenvalue weighted by Crippen LogP contribution is 2.30. The third-order valence-corrected chi connectivity index (χ3v) is 4.90. The van der Waals surface area contributed by atoms with Crippen LogP contribution in [-0.4, -0.2) is 0 Å². The van der Waals surface area contributed by atoms with Gasteiger partial charge in [-0.1, -0.05) is 55.2 Å². The number of aryl methyl sites for hydroxylation is 1. The van der Waals surface area contributed by atoms with E-state index in [2.05, 4.69) is 30.9 Å². The zero-order chi connectivity index (χ0) is 20.4. The molecule has 0 fully saturated rings. The van der Waals surface area contributed by atoms with Crippen molar-refractivity contribution in [3.8, 4) is 23.0 Å². The number of hydrogen-bond acceptors (Lipinski definition) is 0. The lowest BCUT2D eigenvalue weighted by atomic mass is 9.99. The van der Waals surface area contributed by atoms with Gasteiger partial charge in [-0.15, -0.1) is 0 Å². The van der Waals surface area contributed by atoms with Gasteiger partial charge in [-0.05, 0) is 59.3 Å². The highest BCUT2D eigenvalue weighted by atomic mass is 19.2. The lowest BCUT2D eigenvalue weighted by Gasteiger charge is -2.08. The maximum absolute atomic E-state index is 15.0. The second-order valence-electron chi connectivity index (χ2n) is 6.79. The average Bonchev–Trinajstić information content (AvgIpc) is 2.75. The Kier molecular flexibility index (Phi) is 5.10. The van der Waals surface area contributed by atoms with E-state index in [1.165, 1.54) is 11.6 Å². The van der Waals surface area contributed by atoms with E-state index in [9.17, 15) is 13.2 Å². The number of halogens is 3. The van der Waals surface area contributed by atoms with Gasteiger partial charge in [-0.25, -0.2) is 13.2 Å². The van der Waals surface area contributed by atoms with Crippen LogP contribution >= 0.6 is 0 Å². The molecule has 0 heterocycles. The molecule has 4 aromatic rings. The maximum Gasteiger partial charge on any atom is 0.159 e. The van der Waals surface area contributed by atoms with Crippen molar-refractivity contribution in [1.29, 1.82) is 0 Å². The first-order chi connectivity index (χ1) is 14.0. The van der Waals surface area contributed by atoms with Gasteiger partial charge in [0.1, 0.15) is 5.82 Å². The average molecular weight is 386 g/mol. The van der Waals surface area contributed by atoms with Crippen molar-refractivity contribution >= 4 is 10.8 Å². The summed E-state index contributed by atoms with van der Waals surface area (Å²) in [4.78, 5) is 0. The summed E-state index contributed by atoms with van der Waals surface area (Å²) in [7, 11) is 0. The Balaban J connectivity index is 1.69. The quantitative estimate of drug-likeness (QED) is 0.329. The molecule has 0 N–H and O–H groups in total. The van der Waals surface area contributed by atoms with E-state index in [1.807, 2.05) is 18.2 Å². The zero-order valence-electron chi connectivity index (χ0n) is 15.8. The molecular weight excluding hydrogens is 369 g/mol. The predicted octanol–water partition coefficient (Wildman–Crippen LogP) is 6.89. The molecule has 4 rings (SSSR count). The van der Waals surface area contributed by atoms with Crippen molar-refractivity contribution < 1.29 is 13.2 Å². The van der Waals surface area contributed by atoms with Crippen molar-refractivity contribution in [3.05, 3.63) is 107 Å². The van der Waals surface area contributed by atoms with Crippen molar-refractivity contribution in [2.24, 2.45) is 0 Å². The van der Waals surface area contributed by atoms with Crippen molar-refractivity contribution in [2.75, 3.05) is 0 Å². The number of hydrogen-bond donors (Lipinski definition) is 0. The molecule has 0 aromatic heterocycles. The summed E-state index contributed by atoms with van der Waals surface area (Å²) in [5.74, 6) is 3.80. The Morgan fingerprint density at radius 1 is 0.690 bits per heavy atom. The molecular formula is C26H17F3. The molecule has 0 radical (unpaired) electrons. The summed E-state index contributed by atoms with van der Waals surface area (Å²) >= 11 is 0. The molecule has 0 saturated heterocycles. The first-order valence-corrected chi connectivity index (χ1v) is 9.34. The van der Waals surface area contributed by atoms with Gasteiger partial charge in [-0.3, -0.25) is 0 Å². The standard InChI is InChI=1S/C26H17F3/c1-2-17-3-5-18(6-4-17)7-8-19-9-12-22-20(15-19)10-13-23(26(22)29)21-11-14-24(27)25(28)16-21/h3-6,9-16H,2H2,1H3. The van der Waals surface area contributed by atoms with Gasteiger partial charge < -0.3 is 0 Å². The topological polar surface area (TPSA) is 0 Å². The van der Waals surface area contributed by atoms with Crippen LogP contribution in [0, 0.1) is 29.3 Å². The predicted molar refractivity (Wildman–Crippen MR) is 111 cm³/mol. The highest BCUT2D eigenvalue weighted by molar-refractivity contribution is 5.89. The molecule has 0 aliphatic rings. The van der Waals surface area contributed by atoms with Crippen LogP contribution in [0.15, 0.2) is 72.8 Å². The molecule has 0 saturated carbocycles. The summed E-state index contributed by atoms with van der Waals surface area (Å²) in [6.07, 6.45) is 0.983. The second-order valence-corrected chi connectivity index (χ2v) is 6.79. The molecule has 4 aromatic carbocycles. The molecule has 3 heteroatoms. The van der Waals surface area contributed by atoms with Gasteiger partial charge in [0.05, 0.1) is 0 Å². The number of fused-ring (bicyclic) bond motifs is 1. The van der Waals surface area contributed by atoms with Crippen LogP contribution < -0.4 is 0 Å². The molecule has 0 nitrogen and oxygen atoms in total. The lowest BCUT2D eigenvalue weighted by molar-refractivity contribution is 0.509. The third kappa shape index (κ3) is 3.88. The van der Waals surface area contributed by atoms with Gasteiger partial charge in [0, 0.05) is 22.1 Å². The first kappa shape index (κ1) is 18.8. The van der Waals surface area contributed by atoms with E-state index in [-0.39, 0.29) is 5.56 Å². The molecule has 142 valence electrons. The van der Waals surface area contributed by atoms with Gasteiger partial charge >= 0.3 is 0 Å². The van der Waals surface area contributed by atoms with Crippen LogP contribution in [0.3, 0.4) is 0 Å². The molecule has 0 atom stereocenters. The smallest absolute Gasteiger partial charge is 0.159 e. The summed E-state index contributed by atoms with van der Waals surface area (Å²) in [6.45, 7) is 2.10. The van der Waals surface area contributed by atoms with Crippen LogP contribution in [0.5, 0.6) is 0 Å². The highest BCUT2D eigenvalue weighted by Gasteiger charge is 2.12. The first-order valence-electron chi connectivity index (χ1n) is 9.34. The largest absolute Gasteiger partial charge is 0.206 e. The lowest BCUT2D eigenvalue weighted by Crippen LogP contribution is -1.90. The van der Waals surface area contributed by atoms with Crippen LogP contribution in [0.4, 0.5) is 13.2 Å². The van der Waals surface area contributed by atoms with Gasteiger partial charge in [0.15, 0.2) is 11.6 Å². The van der Waals surface area contributed by atoms with E-state index in [4.69, 9.17) is 0 Å². The SMILES string of the molecule is CCc1ccc(C#Cc2ccc3c(F)c(-c4ccc(F)c(F)c4)ccc3c2)cc1. The molecule has 0 amide bonds. The fourth-order valence-corrected chi connectivity index (χ4v) is 3.22. The minimum absolute atomic E-state index is 0.228.